The Kier molecular flexibility index (Phi) is 5.54. The van der Waals surface area contributed by atoms with Crippen LogP contribution in [0.5, 0.6) is 0 Å². The van der Waals surface area contributed by atoms with Crippen molar-refractivity contribution >= 4 is 16.9 Å². The summed E-state index contributed by atoms with van der Waals surface area (Å²) in [5.41, 5.74) is 7.07. The molecule has 3 aromatic carbocycles. The van der Waals surface area contributed by atoms with Gasteiger partial charge in [0.05, 0.1) is 12.8 Å². The van der Waals surface area contributed by atoms with Crippen LogP contribution in [0.25, 0.3) is 22.1 Å². The van der Waals surface area contributed by atoms with Gasteiger partial charge >= 0.3 is 5.97 Å². The molecule has 4 heteroatoms. The Hall–Kier alpha value is -3.37. The molecule has 0 aliphatic heterocycles. The van der Waals surface area contributed by atoms with Crippen molar-refractivity contribution in [3.8, 4) is 11.1 Å². The predicted molar refractivity (Wildman–Crippen MR) is 127 cm³/mol. The van der Waals surface area contributed by atoms with Crippen LogP contribution < -0.4 is 0 Å². The van der Waals surface area contributed by atoms with Crippen molar-refractivity contribution in [1.82, 2.24) is 4.90 Å². The summed E-state index contributed by atoms with van der Waals surface area (Å²) >= 11 is 0. The number of hydrogen-bond donors (Lipinski definition) is 0. The van der Waals surface area contributed by atoms with Gasteiger partial charge in [0, 0.05) is 17.3 Å². The molecule has 1 aliphatic rings. The molecular weight excluding hydrogens is 398 g/mol. The highest BCUT2D eigenvalue weighted by atomic mass is 16.5. The van der Waals surface area contributed by atoms with Crippen LogP contribution in [0.2, 0.25) is 0 Å². The van der Waals surface area contributed by atoms with E-state index in [0.717, 1.165) is 17.4 Å². The largest absolute Gasteiger partial charge is 0.464 e. The van der Waals surface area contributed by atoms with Crippen molar-refractivity contribution in [2.24, 2.45) is 0 Å². The second-order valence-electron chi connectivity index (χ2n) is 8.67. The minimum atomic E-state index is -0.188. The molecule has 0 amide bonds. The Bertz CT molecular complexity index is 1210. The fourth-order valence-electron chi connectivity index (χ4n) is 4.66. The summed E-state index contributed by atoms with van der Waals surface area (Å²) < 4.78 is 11.2. The molecule has 1 aromatic heterocycles. The predicted octanol–water partition coefficient (Wildman–Crippen LogP) is 5.65. The number of furan rings is 1. The van der Waals surface area contributed by atoms with Crippen LogP contribution in [0, 0.1) is 0 Å². The molecule has 162 valence electrons. The number of carbonyl (C=O) groups is 1. The molecule has 1 aliphatic carbocycles. The highest BCUT2D eigenvalue weighted by molar-refractivity contribution is 5.79. The number of benzene rings is 3. The second kappa shape index (κ2) is 8.64. The molecule has 4 nitrogen and oxygen atoms in total. The molecule has 1 atom stereocenters. The van der Waals surface area contributed by atoms with Crippen molar-refractivity contribution in [2.45, 2.75) is 25.3 Å². The third kappa shape index (κ3) is 3.94. The van der Waals surface area contributed by atoms with Gasteiger partial charge in [-0.1, -0.05) is 54.6 Å². The number of nitrogens with zero attached hydrogens (tertiary/aromatic N) is 1. The van der Waals surface area contributed by atoms with Gasteiger partial charge in [0.1, 0.15) is 12.2 Å². The van der Waals surface area contributed by atoms with E-state index < -0.39 is 0 Å². The lowest BCUT2D eigenvalue weighted by atomic mass is 9.98. The van der Waals surface area contributed by atoms with Gasteiger partial charge in [-0.25, -0.2) is 0 Å². The third-order valence-corrected chi connectivity index (χ3v) is 6.55. The summed E-state index contributed by atoms with van der Waals surface area (Å²) in [5.74, 6) is -0.0951. The molecule has 1 heterocycles. The first-order valence-electron chi connectivity index (χ1n) is 11.1. The Balaban J connectivity index is 1.19. The van der Waals surface area contributed by atoms with Gasteiger partial charge < -0.3 is 9.15 Å². The highest BCUT2D eigenvalue weighted by Gasteiger charge is 2.29. The van der Waals surface area contributed by atoms with Crippen LogP contribution >= 0.6 is 0 Å². The minimum absolute atomic E-state index is 0.0933. The summed E-state index contributed by atoms with van der Waals surface area (Å²) in [4.78, 5) is 14.7. The van der Waals surface area contributed by atoms with Gasteiger partial charge in [-0.3, -0.25) is 9.69 Å². The first-order valence-corrected chi connectivity index (χ1v) is 11.1. The molecule has 0 saturated carbocycles. The second-order valence-corrected chi connectivity index (χ2v) is 8.67. The topological polar surface area (TPSA) is 42.7 Å². The Morgan fingerprint density at radius 3 is 2.41 bits per heavy atom. The maximum atomic E-state index is 12.7. The smallest absolute Gasteiger partial charge is 0.320 e. The van der Waals surface area contributed by atoms with Crippen LogP contribution in [-0.4, -0.2) is 37.1 Å². The van der Waals surface area contributed by atoms with Crippen molar-refractivity contribution in [3.63, 3.8) is 0 Å². The summed E-state index contributed by atoms with van der Waals surface area (Å²) in [5, 5.41) is 1.11. The average molecular weight is 426 g/mol. The first kappa shape index (κ1) is 20.5. The van der Waals surface area contributed by atoms with Crippen molar-refractivity contribution in [2.75, 3.05) is 20.2 Å². The lowest BCUT2D eigenvalue weighted by Gasteiger charge is -2.24. The van der Waals surface area contributed by atoms with Gasteiger partial charge in [-0.05, 0) is 66.4 Å². The van der Waals surface area contributed by atoms with Crippen LogP contribution in [0.1, 0.15) is 29.5 Å². The standard InChI is InChI=1S/C28H27NO3/c1-19(15-20-11-12-27-21(16-20)13-14-31-27)29(2)17-28(30)32-18-26-24-9-5-3-7-22(24)23-8-4-6-10-25(23)26/h3-14,16,19,26H,15,17-18H2,1-2H3/t19-/m1/s1. The summed E-state index contributed by atoms with van der Waals surface area (Å²) in [6, 6.07) is 25.2. The number of ether oxygens (including phenoxy) is 1. The van der Waals surface area contributed by atoms with Gasteiger partial charge in [0.2, 0.25) is 0 Å². The quantitative estimate of drug-likeness (QED) is 0.359. The Morgan fingerprint density at radius 1 is 1.00 bits per heavy atom. The lowest BCUT2D eigenvalue weighted by Crippen LogP contribution is -2.36. The maximum absolute atomic E-state index is 12.7. The van der Waals surface area contributed by atoms with Crippen molar-refractivity contribution < 1.29 is 13.9 Å². The third-order valence-electron chi connectivity index (χ3n) is 6.55. The number of carbonyl (C=O) groups excluding carboxylic acids is 1. The molecule has 0 bridgehead atoms. The maximum Gasteiger partial charge on any atom is 0.320 e. The first-order chi connectivity index (χ1) is 15.6. The van der Waals surface area contributed by atoms with E-state index in [1.807, 2.05) is 19.2 Å². The summed E-state index contributed by atoms with van der Waals surface area (Å²) in [6.45, 7) is 2.77. The molecule has 0 spiro atoms. The van der Waals surface area contributed by atoms with E-state index in [4.69, 9.17) is 9.15 Å². The highest BCUT2D eigenvalue weighted by Crippen LogP contribution is 2.44. The van der Waals surface area contributed by atoms with Crippen LogP contribution in [0.15, 0.2) is 83.5 Å². The monoisotopic (exact) mass is 425 g/mol. The zero-order valence-electron chi connectivity index (χ0n) is 18.5. The minimum Gasteiger partial charge on any atom is -0.464 e. The normalized spacial score (nSPS) is 13.8. The van der Waals surface area contributed by atoms with Gasteiger partial charge in [0.15, 0.2) is 0 Å². The zero-order valence-corrected chi connectivity index (χ0v) is 18.5. The average Bonchev–Trinajstić information content (AvgIpc) is 3.40. The Morgan fingerprint density at radius 2 is 1.69 bits per heavy atom. The van der Waals surface area contributed by atoms with E-state index >= 15 is 0 Å². The SMILES string of the molecule is C[C@H](Cc1ccc2occc2c1)N(C)CC(=O)OCC1c2ccccc2-c2ccccc21. The van der Waals surface area contributed by atoms with E-state index in [0.29, 0.717) is 6.61 Å². The zero-order chi connectivity index (χ0) is 22.1. The molecule has 32 heavy (non-hydrogen) atoms. The van der Waals surface area contributed by atoms with Gasteiger partial charge in [-0.15, -0.1) is 0 Å². The molecule has 0 unspecified atom stereocenters. The number of fused-ring (bicyclic) bond motifs is 4. The molecule has 0 N–H and O–H groups in total. The Labute approximate surface area is 188 Å². The van der Waals surface area contributed by atoms with Crippen LogP contribution in [-0.2, 0) is 16.0 Å². The number of likely N-dealkylation sites (N-methyl/N-ethyl adjacent to an activating group) is 1. The number of esters is 1. The van der Waals surface area contributed by atoms with Gasteiger partial charge in [-0.2, -0.15) is 0 Å². The molecular formula is C28H27NO3. The van der Waals surface area contributed by atoms with E-state index in [1.165, 1.54) is 27.8 Å². The van der Waals surface area contributed by atoms with Gasteiger partial charge in [0.25, 0.3) is 0 Å². The number of rotatable bonds is 7. The fraction of sp³-hybridized carbons (Fsp3) is 0.250. The summed E-state index contributed by atoms with van der Waals surface area (Å²) in [6.07, 6.45) is 2.56. The molecule has 0 fully saturated rings. The van der Waals surface area contributed by atoms with Crippen molar-refractivity contribution in [3.05, 3.63) is 95.7 Å². The lowest BCUT2D eigenvalue weighted by molar-refractivity contribution is -0.145. The van der Waals surface area contributed by atoms with E-state index in [1.54, 1.807) is 6.26 Å². The van der Waals surface area contributed by atoms with E-state index in [-0.39, 0.29) is 24.5 Å². The van der Waals surface area contributed by atoms with E-state index in [2.05, 4.69) is 72.5 Å². The van der Waals surface area contributed by atoms with Crippen LogP contribution in [0.3, 0.4) is 0 Å². The molecule has 4 aromatic rings. The summed E-state index contributed by atoms with van der Waals surface area (Å²) in [7, 11) is 1.97. The van der Waals surface area contributed by atoms with E-state index in [9.17, 15) is 4.79 Å². The fourth-order valence-corrected chi connectivity index (χ4v) is 4.66. The molecule has 0 radical (unpaired) electrons. The molecule has 0 saturated heterocycles. The number of hydrogen-bond acceptors (Lipinski definition) is 4. The van der Waals surface area contributed by atoms with Crippen molar-refractivity contribution in [1.29, 1.82) is 0 Å². The van der Waals surface area contributed by atoms with Crippen LogP contribution in [0.4, 0.5) is 0 Å². The molecule has 5 rings (SSSR count).